The van der Waals surface area contributed by atoms with Crippen molar-refractivity contribution in [2.24, 2.45) is 0 Å². The average Bonchev–Trinajstić information content (AvgIpc) is 2.23. The van der Waals surface area contributed by atoms with Crippen molar-refractivity contribution in [3.05, 3.63) is 23.8 Å². The Bertz CT molecular complexity index is 420. The van der Waals surface area contributed by atoms with E-state index in [-0.39, 0.29) is 19.0 Å². The molecule has 5 nitrogen and oxygen atoms in total. The summed E-state index contributed by atoms with van der Waals surface area (Å²) >= 11 is 0. The quantitative estimate of drug-likeness (QED) is 0.798. The van der Waals surface area contributed by atoms with Gasteiger partial charge in [0.05, 0.1) is 6.61 Å². The molecular weight excluding hydrogens is 236 g/mol. The Hall–Kier alpha value is -1.75. The van der Waals surface area contributed by atoms with Gasteiger partial charge < -0.3 is 19.7 Å². The number of carbonyl (C=O) groups is 1. The molecule has 0 spiro atoms. The van der Waals surface area contributed by atoms with Gasteiger partial charge in [-0.2, -0.15) is 0 Å². The second-order valence-corrected chi connectivity index (χ2v) is 4.87. The maximum atomic E-state index is 11.4. The van der Waals surface area contributed by atoms with E-state index in [1.807, 2.05) is 0 Å². The van der Waals surface area contributed by atoms with E-state index in [1.165, 1.54) is 12.1 Å². The third-order valence-corrected chi connectivity index (χ3v) is 1.91. The van der Waals surface area contributed by atoms with E-state index in [1.54, 1.807) is 26.8 Å². The molecule has 1 aromatic carbocycles. The molecule has 5 heteroatoms. The van der Waals surface area contributed by atoms with Gasteiger partial charge in [0.15, 0.2) is 6.61 Å². The van der Waals surface area contributed by atoms with Crippen LogP contribution in [0.5, 0.6) is 11.5 Å². The lowest BCUT2D eigenvalue weighted by atomic mass is 10.2. The molecule has 1 rings (SSSR count). The number of aromatic hydroxyl groups is 1. The smallest absolute Gasteiger partial charge is 0.344 e. The molecule has 0 aliphatic carbocycles. The minimum absolute atomic E-state index is 0.0271. The summed E-state index contributed by atoms with van der Waals surface area (Å²) in [6.07, 6.45) is 0. The van der Waals surface area contributed by atoms with Gasteiger partial charge in [-0.25, -0.2) is 4.79 Å². The average molecular weight is 254 g/mol. The molecule has 0 saturated heterocycles. The van der Waals surface area contributed by atoms with Gasteiger partial charge in [0.1, 0.15) is 17.1 Å². The highest BCUT2D eigenvalue weighted by Gasteiger charge is 2.16. The van der Waals surface area contributed by atoms with Crippen LogP contribution in [-0.2, 0) is 16.1 Å². The van der Waals surface area contributed by atoms with Crippen LogP contribution in [0.3, 0.4) is 0 Å². The number of aliphatic hydroxyl groups is 1. The molecule has 0 amide bonds. The summed E-state index contributed by atoms with van der Waals surface area (Å²) in [5.74, 6) is -0.206. The van der Waals surface area contributed by atoms with Crippen LogP contribution in [0.2, 0.25) is 0 Å². The summed E-state index contributed by atoms with van der Waals surface area (Å²) in [7, 11) is 0. The van der Waals surface area contributed by atoms with Gasteiger partial charge in [-0.1, -0.05) is 0 Å². The number of aliphatic hydroxyl groups excluding tert-OH is 1. The van der Waals surface area contributed by atoms with Crippen LogP contribution in [0.25, 0.3) is 0 Å². The largest absolute Gasteiger partial charge is 0.508 e. The Labute approximate surface area is 106 Å². The van der Waals surface area contributed by atoms with Gasteiger partial charge in [0, 0.05) is 6.07 Å². The van der Waals surface area contributed by atoms with Crippen LogP contribution in [0.4, 0.5) is 0 Å². The molecule has 100 valence electrons. The minimum atomic E-state index is -0.560. The summed E-state index contributed by atoms with van der Waals surface area (Å²) in [5.41, 5.74) is -0.0515. The molecule has 0 aliphatic heterocycles. The Morgan fingerprint density at radius 2 is 1.94 bits per heavy atom. The molecule has 0 aromatic heterocycles. The Morgan fingerprint density at radius 3 is 2.50 bits per heavy atom. The van der Waals surface area contributed by atoms with E-state index in [0.717, 1.165) is 0 Å². The zero-order valence-corrected chi connectivity index (χ0v) is 10.8. The molecule has 0 saturated carbocycles. The Morgan fingerprint density at radius 1 is 1.28 bits per heavy atom. The molecule has 0 atom stereocenters. The van der Waals surface area contributed by atoms with Crippen molar-refractivity contribution in [3.63, 3.8) is 0 Å². The van der Waals surface area contributed by atoms with Crippen molar-refractivity contribution in [2.75, 3.05) is 6.61 Å². The zero-order valence-electron chi connectivity index (χ0n) is 10.8. The molecule has 2 N–H and O–H groups in total. The number of carbonyl (C=O) groups excluding carboxylic acids is 1. The standard InChI is InChI=1S/C13H18O5/c1-13(2,3)18-12(16)8-17-11-5-9(7-14)4-10(15)6-11/h4-6,14-15H,7-8H2,1-3H3. The van der Waals surface area contributed by atoms with Crippen molar-refractivity contribution in [2.45, 2.75) is 33.0 Å². The monoisotopic (exact) mass is 254 g/mol. The predicted octanol–water partition coefficient (Wildman–Crippen LogP) is 1.60. The van der Waals surface area contributed by atoms with Crippen molar-refractivity contribution in [1.82, 2.24) is 0 Å². The van der Waals surface area contributed by atoms with Crippen LogP contribution in [0.1, 0.15) is 26.3 Å². The summed E-state index contributed by atoms with van der Waals surface area (Å²) in [6.45, 7) is 4.85. The van der Waals surface area contributed by atoms with Crippen LogP contribution in [-0.4, -0.2) is 28.4 Å². The van der Waals surface area contributed by atoms with Crippen LogP contribution in [0.15, 0.2) is 18.2 Å². The topological polar surface area (TPSA) is 76.0 Å². The second-order valence-electron chi connectivity index (χ2n) is 4.87. The van der Waals surface area contributed by atoms with Crippen molar-refractivity contribution < 1.29 is 24.5 Å². The van der Waals surface area contributed by atoms with E-state index in [9.17, 15) is 9.90 Å². The SMILES string of the molecule is CC(C)(C)OC(=O)COc1cc(O)cc(CO)c1. The number of rotatable bonds is 4. The third-order valence-electron chi connectivity index (χ3n) is 1.91. The summed E-state index contributed by atoms with van der Waals surface area (Å²) in [4.78, 5) is 11.4. The van der Waals surface area contributed by atoms with Gasteiger partial charge in [-0.15, -0.1) is 0 Å². The first-order chi connectivity index (χ1) is 8.30. The fraction of sp³-hybridized carbons (Fsp3) is 0.462. The van der Waals surface area contributed by atoms with Crippen LogP contribution in [0, 0.1) is 0 Å². The molecule has 0 fully saturated rings. The first-order valence-corrected chi connectivity index (χ1v) is 5.58. The lowest BCUT2D eigenvalue weighted by Crippen LogP contribution is -2.27. The number of ether oxygens (including phenoxy) is 2. The van der Waals surface area contributed by atoms with Gasteiger partial charge in [0.2, 0.25) is 0 Å². The molecule has 18 heavy (non-hydrogen) atoms. The maximum absolute atomic E-state index is 11.4. The fourth-order valence-electron chi connectivity index (χ4n) is 1.33. The molecule has 1 aromatic rings. The zero-order chi connectivity index (χ0) is 13.8. The van der Waals surface area contributed by atoms with E-state index in [4.69, 9.17) is 14.6 Å². The van der Waals surface area contributed by atoms with E-state index in [2.05, 4.69) is 0 Å². The van der Waals surface area contributed by atoms with E-state index < -0.39 is 11.6 Å². The first-order valence-electron chi connectivity index (χ1n) is 5.58. The molecule has 0 heterocycles. The van der Waals surface area contributed by atoms with Gasteiger partial charge in [0.25, 0.3) is 0 Å². The maximum Gasteiger partial charge on any atom is 0.344 e. The number of esters is 1. The van der Waals surface area contributed by atoms with Gasteiger partial charge in [-0.3, -0.25) is 0 Å². The fourth-order valence-corrected chi connectivity index (χ4v) is 1.33. The van der Waals surface area contributed by atoms with Crippen molar-refractivity contribution in [3.8, 4) is 11.5 Å². The number of hydrogen-bond acceptors (Lipinski definition) is 5. The third kappa shape index (κ3) is 5.05. The Kier molecular flexibility index (Phi) is 4.55. The molecule has 0 aliphatic rings. The molecule has 0 unspecified atom stereocenters. The second kappa shape index (κ2) is 5.73. The van der Waals surface area contributed by atoms with Crippen molar-refractivity contribution >= 4 is 5.97 Å². The van der Waals surface area contributed by atoms with Gasteiger partial charge in [-0.05, 0) is 38.5 Å². The lowest BCUT2D eigenvalue weighted by Gasteiger charge is -2.19. The van der Waals surface area contributed by atoms with Gasteiger partial charge >= 0.3 is 5.97 Å². The normalized spacial score (nSPS) is 11.1. The summed E-state index contributed by atoms with van der Waals surface area (Å²) < 4.78 is 10.3. The van der Waals surface area contributed by atoms with E-state index in [0.29, 0.717) is 11.3 Å². The minimum Gasteiger partial charge on any atom is -0.508 e. The Balaban J connectivity index is 2.58. The van der Waals surface area contributed by atoms with Crippen LogP contribution >= 0.6 is 0 Å². The number of phenols is 1. The first kappa shape index (κ1) is 14.3. The highest BCUT2D eigenvalue weighted by molar-refractivity contribution is 5.71. The highest BCUT2D eigenvalue weighted by Crippen LogP contribution is 2.22. The summed E-state index contributed by atoms with van der Waals surface area (Å²) in [6, 6.07) is 4.33. The van der Waals surface area contributed by atoms with Crippen molar-refractivity contribution in [1.29, 1.82) is 0 Å². The van der Waals surface area contributed by atoms with Crippen LogP contribution < -0.4 is 4.74 Å². The lowest BCUT2D eigenvalue weighted by molar-refractivity contribution is -0.157. The highest BCUT2D eigenvalue weighted by atomic mass is 16.6. The molecule has 0 radical (unpaired) electrons. The predicted molar refractivity (Wildman–Crippen MR) is 65.4 cm³/mol. The number of phenolic OH excluding ortho intramolecular Hbond substituents is 1. The molecule has 0 bridgehead atoms. The van der Waals surface area contributed by atoms with E-state index >= 15 is 0 Å². The number of benzene rings is 1. The number of hydrogen-bond donors (Lipinski definition) is 2. The molecular formula is C13H18O5. The summed E-state index contributed by atoms with van der Waals surface area (Å²) in [5, 5.41) is 18.3.